The Morgan fingerprint density at radius 1 is 1.33 bits per heavy atom. The van der Waals surface area contributed by atoms with Crippen molar-refractivity contribution in [2.24, 2.45) is 5.73 Å². The summed E-state index contributed by atoms with van der Waals surface area (Å²) < 4.78 is 0. The lowest BCUT2D eigenvalue weighted by Gasteiger charge is -2.32. The molecule has 0 saturated carbocycles. The summed E-state index contributed by atoms with van der Waals surface area (Å²) in [6, 6.07) is 9.87. The molecule has 1 aliphatic heterocycles. The molecule has 1 saturated heterocycles. The first-order valence-corrected chi connectivity index (χ1v) is 6.48. The molecule has 1 aromatic rings. The van der Waals surface area contributed by atoms with Crippen LogP contribution in [0.4, 0.5) is 4.79 Å². The van der Waals surface area contributed by atoms with Gasteiger partial charge in [0.1, 0.15) is 0 Å². The van der Waals surface area contributed by atoms with Gasteiger partial charge >= 0.3 is 6.03 Å². The number of amides is 2. The van der Waals surface area contributed by atoms with Gasteiger partial charge in [0.2, 0.25) is 0 Å². The smallest absolute Gasteiger partial charge is 0.318 e. The minimum absolute atomic E-state index is 0.00990. The number of carbonyl (C=O) groups excluding carboxylic acids is 1. The van der Waals surface area contributed by atoms with Crippen LogP contribution in [0.3, 0.4) is 0 Å². The number of nitrogens with one attached hydrogen (secondary N) is 1. The van der Waals surface area contributed by atoms with Crippen LogP contribution in [0.2, 0.25) is 0 Å². The number of rotatable bonds is 3. The fourth-order valence-electron chi connectivity index (χ4n) is 2.28. The average molecular weight is 247 g/mol. The molecular weight excluding hydrogens is 226 g/mol. The summed E-state index contributed by atoms with van der Waals surface area (Å²) in [5, 5.41) is 3.06. The molecule has 98 valence electrons. The normalized spacial score (nSPS) is 18.4. The quantitative estimate of drug-likeness (QED) is 0.853. The largest absolute Gasteiger partial charge is 0.328 e. The molecule has 0 spiro atoms. The molecule has 4 nitrogen and oxygen atoms in total. The van der Waals surface area contributed by atoms with Crippen molar-refractivity contribution in [3.05, 3.63) is 35.9 Å². The molecule has 2 amide bonds. The monoisotopic (exact) mass is 247 g/mol. The second-order valence-corrected chi connectivity index (χ2v) is 5.03. The maximum absolute atomic E-state index is 12.2. The Bertz CT molecular complexity index is 401. The van der Waals surface area contributed by atoms with Crippen LogP contribution < -0.4 is 11.1 Å². The maximum atomic E-state index is 12.2. The van der Waals surface area contributed by atoms with E-state index < -0.39 is 5.54 Å². The molecule has 1 aliphatic rings. The van der Waals surface area contributed by atoms with E-state index in [-0.39, 0.29) is 6.03 Å². The van der Waals surface area contributed by atoms with E-state index in [2.05, 4.69) is 5.32 Å². The summed E-state index contributed by atoms with van der Waals surface area (Å²) in [7, 11) is 0. The van der Waals surface area contributed by atoms with Crippen molar-refractivity contribution in [3.63, 3.8) is 0 Å². The second-order valence-electron chi connectivity index (χ2n) is 5.03. The van der Waals surface area contributed by atoms with Crippen LogP contribution in [0.25, 0.3) is 0 Å². The molecule has 4 heteroatoms. The number of nitrogens with two attached hydrogens (primary N) is 1. The molecule has 0 aliphatic carbocycles. The van der Waals surface area contributed by atoms with Crippen LogP contribution in [-0.2, 0) is 5.54 Å². The van der Waals surface area contributed by atoms with Gasteiger partial charge in [-0.25, -0.2) is 4.79 Å². The van der Waals surface area contributed by atoms with Crippen LogP contribution in [0.1, 0.15) is 25.3 Å². The Kier molecular flexibility index (Phi) is 3.87. The fraction of sp³-hybridized carbons (Fsp3) is 0.500. The Balaban J connectivity index is 2.10. The van der Waals surface area contributed by atoms with Crippen molar-refractivity contribution in [1.82, 2.24) is 10.2 Å². The van der Waals surface area contributed by atoms with Gasteiger partial charge in [-0.05, 0) is 25.3 Å². The summed E-state index contributed by atoms with van der Waals surface area (Å²) in [5.74, 6) is 0. The Hall–Kier alpha value is -1.55. The molecule has 3 N–H and O–H groups in total. The van der Waals surface area contributed by atoms with Gasteiger partial charge in [0.15, 0.2) is 0 Å². The van der Waals surface area contributed by atoms with Crippen LogP contribution in [0.15, 0.2) is 30.3 Å². The molecule has 1 atom stereocenters. The number of hydrogen-bond donors (Lipinski definition) is 2. The van der Waals surface area contributed by atoms with E-state index in [4.69, 9.17) is 5.73 Å². The zero-order valence-electron chi connectivity index (χ0n) is 10.9. The van der Waals surface area contributed by atoms with Crippen molar-refractivity contribution < 1.29 is 4.79 Å². The standard InChI is InChI=1S/C14H21N3O/c1-14(11-15,12-7-3-2-4-8-12)16-13(18)17-9-5-6-10-17/h2-4,7-8H,5-6,9-11,15H2,1H3,(H,16,18). The fourth-order valence-corrected chi connectivity index (χ4v) is 2.28. The predicted octanol–water partition coefficient (Wildman–Crippen LogP) is 1.67. The summed E-state index contributed by atoms with van der Waals surface area (Å²) in [4.78, 5) is 14.0. The van der Waals surface area contributed by atoms with Crippen LogP contribution in [-0.4, -0.2) is 30.6 Å². The SMILES string of the molecule is CC(CN)(NC(=O)N1CCCC1)c1ccccc1. The van der Waals surface area contributed by atoms with Crippen molar-refractivity contribution in [2.45, 2.75) is 25.3 Å². The van der Waals surface area contributed by atoms with E-state index in [1.54, 1.807) is 0 Å². The molecule has 0 bridgehead atoms. The zero-order chi connectivity index (χ0) is 13.0. The van der Waals surface area contributed by atoms with Gasteiger partial charge < -0.3 is 16.0 Å². The predicted molar refractivity (Wildman–Crippen MR) is 72.2 cm³/mol. The number of nitrogens with zero attached hydrogens (tertiary/aromatic N) is 1. The first kappa shape index (κ1) is 12.9. The van der Waals surface area contributed by atoms with Gasteiger partial charge in [0.25, 0.3) is 0 Å². The van der Waals surface area contributed by atoms with Gasteiger partial charge in [-0.1, -0.05) is 30.3 Å². The summed E-state index contributed by atoms with van der Waals surface area (Å²) >= 11 is 0. The highest BCUT2D eigenvalue weighted by Gasteiger charge is 2.29. The second kappa shape index (κ2) is 5.40. The number of carbonyl (C=O) groups is 1. The molecule has 0 radical (unpaired) electrons. The van der Waals surface area contributed by atoms with E-state index in [0.717, 1.165) is 31.5 Å². The van der Waals surface area contributed by atoms with Crippen LogP contribution in [0, 0.1) is 0 Å². The minimum atomic E-state index is -0.499. The van der Waals surface area contributed by atoms with E-state index >= 15 is 0 Å². The Morgan fingerprint density at radius 3 is 2.50 bits per heavy atom. The molecule has 1 unspecified atom stereocenters. The van der Waals surface area contributed by atoms with Gasteiger partial charge in [0.05, 0.1) is 5.54 Å². The zero-order valence-corrected chi connectivity index (χ0v) is 10.9. The third-order valence-electron chi connectivity index (χ3n) is 3.60. The molecule has 1 aromatic carbocycles. The van der Waals surface area contributed by atoms with Gasteiger partial charge in [-0.2, -0.15) is 0 Å². The lowest BCUT2D eigenvalue weighted by molar-refractivity contribution is 0.195. The topological polar surface area (TPSA) is 58.4 Å². The number of likely N-dealkylation sites (tertiary alicyclic amines) is 1. The molecule has 1 heterocycles. The van der Waals surface area contributed by atoms with Gasteiger partial charge in [-0.3, -0.25) is 0 Å². The van der Waals surface area contributed by atoms with E-state index in [9.17, 15) is 4.79 Å². The number of hydrogen-bond acceptors (Lipinski definition) is 2. The lowest BCUT2D eigenvalue weighted by Crippen LogP contribution is -2.52. The van der Waals surface area contributed by atoms with Crippen molar-refractivity contribution >= 4 is 6.03 Å². The van der Waals surface area contributed by atoms with Crippen molar-refractivity contribution in [2.75, 3.05) is 19.6 Å². The third-order valence-corrected chi connectivity index (χ3v) is 3.60. The molecule has 1 fully saturated rings. The summed E-state index contributed by atoms with van der Waals surface area (Å²) in [6.07, 6.45) is 2.19. The van der Waals surface area contributed by atoms with Crippen LogP contribution >= 0.6 is 0 Å². The van der Waals surface area contributed by atoms with Gasteiger partial charge in [0, 0.05) is 19.6 Å². The third kappa shape index (κ3) is 2.64. The Morgan fingerprint density at radius 2 is 1.94 bits per heavy atom. The molecule has 0 aromatic heterocycles. The molecule has 2 rings (SSSR count). The highest BCUT2D eigenvalue weighted by molar-refractivity contribution is 5.75. The maximum Gasteiger partial charge on any atom is 0.318 e. The van der Waals surface area contributed by atoms with Gasteiger partial charge in [-0.15, -0.1) is 0 Å². The average Bonchev–Trinajstić information content (AvgIpc) is 2.93. The summed E-state index contributed by atoms with van der Waals surface area (Å²) in [6.45, 7) is 4.05. The number of benzene rings is 1. The minimum Gasteiger partial charge on any atom is -0.328 e. The van der Waals surface area contributed by atoms with E-state index in [0.29, 0.717) is 6.54 Å². The highest BCUT2D eigenvalue weighted by Crippen LogP contribution is 2.20. The van der Waals surface area contributed by atoms with Crippen molar-refractivity contribution in [1.29, 1.82) is 0 Å². The van der Waals surface area contributed by atoms with Crippen molar-refractivity contribution in [3.8, 4) is 0 Å². The lowest BCUT2D eigenvalue weighted by atomic mass is 9.92. The first-order chi connectivity index (χ1) is 8.65. The highest BCUT2D eigenvalue weighted by atomic mass is 16.2. The first-order valence-electron chi connectivity index (χ1n) is 6.48. The summed E-state index contributed by atoms with van der Waals surface area (Å²) in [5.41, 5.74) is 6.40. The van der Waals surface area contributed by atoms with E-state index in [1.165, 1.54) is 0 Å². The Labute approximate surface area is 108 Å². The van der Waals surface area contributed by atoms with E-state index in [1.807, 2.05) is 42.2 Å². The molecular formula is C14H21N3O. The van der Waals surface area contributed by atoms with Crippen LogP contribution in [0.5, 0.6) is 0 Å². The number of urea groups is 1. The molecule has 18 heavy (non-hydrogen) atoms.